The lowest BCUT2D eigenvalue weighted by molar-refractivity contribution is -0.386. The molecule has 1 aromatic heterocycles. The maximum absolute atomic E-state index is 11.2. The second-order valence-electron chi connectivity index (χ2n) is 3.63. The minimum absolute atomic E-state index is 0.0854. The zero-order valence-electron chi connectivity index (χ0n) is 10.4. The number of anilines is 1. The summed E-state index contributed by atoms with van der Waals surface area (Å²) in [6, 6.07) is 5.22. The van der Waals surface area contributed by atoms with Crippen molar-refractivity contribution in [3.63, 3.8) is 0 Å². The SMILES string of the molecule is CCNc1cccc(Sc2nnc(C)s2)c1[N+](=O)[O-]. The first-order valence-electron chi connectivity index (χ1n) is 5.61. The molecule has 0 aliphatic rings. The number of para-hydroxylation sites is 1. The van der Waals surface area contributed by atoms with Crippen molar-refractivity contribution in [3.05, 3.63) is 33.3 Å². The fourth-order valence-corrected chi connectivity index (χ4v) is 3.45. The van der Waals surface area contributed by atoms with Crippen molar-refractivity contribution in [2.45, 2.75) is 23.1 Å². The zero-order chi connectivity index (χ0) is 13.8. The number of hydrogen-bond acceptors (Lipinski definition) is 7. The third-order valence-corrected chi connectivity index (χ3v) is 4.19. The van der Waals surface area contributed by atoms with E-state index in [0.29, 0.717) is 21.5 Å². The molecular formula is C11H12N4O2S2. The molecule has 0 atom stereocenters. The summed E-state index contributed by atoms with van der Waals surface area (Å²) in [5.74, 6) is 0. The average molecular weight is 296 g/mol. The van der Waals surface area contributed by atoms with Crippen LogP contribution in [0.4, 0.5) is 11.4 Å². The average Bonchev–Trinajstić information content (AvgIpc) is 2.75. The smallest absolute Gasteiger partial charge is 0.306 e. The number of nitrogens with one attached hydrogen (secondary N) is 1. The molecule has 0 aliphatic heterocycles. The van der Waals surface area contributed by atoms with E-state index in [1.54, 1.807) is 18.2 Å². The van der Waals surface area contributed by atoms with E-state index < -0.39 is 0 Å². The van der Waals surface area contributed by atoms with E-state index in [-0.39, 0.29) is 10.6 Å². The van der Waals surface area contributed by atoms with Gasteiger partial charge in [-0.05, 0) is 37.7 Å². The van der Waals surface area contributed by atoms with Crippen molar-refractivity contribution in [2.24, 2.45) is 0 Å². The standard InChI is InChI=1S/C11H12N4O2S2/c1-3-12-8-5-4-6-9(10(8)15(16)17)19-11-14-13-7(2)18-11/h4-6,12H,3H2,1-2H3. The van der Waals surface area contributed by atoms with Crippen LogP contribution in [-0.4, -0.2) is 21.7 Å². The van der Waals surface area contributed by atoms with Gasteiger partial charge in [0.15, 0.2) is 4.34 Å². The van der Waals surface area contributed by atoms with Crippen LogP contribution in [0.3, 0.4) is 0 Å². The summed E-state index contributed by atoms with van der Waals surface area (Å²) in [5.41, 5.74) is 0.612. The molecule has 0 saturated heterocycles. The summed E-state index contributed by atoms with van der Waals surface area (Å²) in [5, 5.41) is 23.0. The van der Waals surface area contributed by atoms with Crippen LogP contribution >= 0.6 is 23.1 Å². The predicted octanol–water partition coefficient (Wildman–Crippen LogP) is 3.34. The Morgan fingerprint density at radius 1 is 1.47 bits per heavy atom. The molecule has 2 aromatic rings. The maximum atomic E-state index is 11.2. The molecule has 0 bridgehead atoms. The molecule has 8 heteroatoms. The number of benzene rings is 1. The van der Waals surface area contributed by atoms with Crippen LogP contribution in [-0.2, 0) is 0 Å². The van der Waals surface area contributed by atoms with Crippen LogP contribution in [0, 0.1) is 17.0 Å². The van der Waals surface area contributed by atoms with Crippen LogP contribution in [0.15, 0.2) is 27.4 Å². The zero-order valence-corrected chi connectivity index (χ0v) is 12.0. The summed E-state index contributed by atoms with van der Waals surface area (Å²) < 4.78 is 0.703. The summed E-state index contributed by atoms with van der Waals surface area (Å²) in [4.78, 5) is 11.4. The van der Waals surface area contributed by atoms with Gasteiger partial charge in [0, 0.05) is 6.54 Å². The summed E-state index contributed by atoms with van der Waals surface area (Å²) in [7, 11) is 0. The lowest BCUT2D eigenvalue weighted by Gasteiger charge is -2.07. The van der Waals surface area contributed by atoms with Crippen LogP contribution in [0.2, 0.25) is 0 Å². The summed E-state index contributed by atoms with van der Waals surface area (Å²) in [6.45, 7) is 4.38. The van der Waals surface area contributed by atoms with Crippen molar-refractivity contribution in [1.29, 1.82) is 0 Å². The fourth-order valence-electron chi connectivity index (χ4n) is 1.54. The summed E-state index contributed by atoms with van der Waals surface area (Å²) in [6.07, 6.45) is 0. The Bertz CT molecular complexity index is 600. The Balaban J connectivity index is 2.38. The first kappa shape index (κ1) is 13.8. The van der Waals surface area contributed by atoms with Gasteiger partial charge in [0.2, 0.25) is 0 Å². The molecule has 0 radical (unpaired) electrons. The molecule has 1 aromatic carbocycles. The normalized spacial score (nSPS) is 10.4. The highest BCUT2D eigenvalue weighted by Crippen LogP contribution is 2.39. The topological polar surface area (TPSA) is 81.0 Å². The fraction of sp³-hybridized carbons (Fsp3) is 0.273. The molecule has 0 spiro atoms. The van der Waals surface area contributed by atoms with E-state index in [4.69, 9.17) is 0 Å². The van der Waals surface area contributed by atoms with Crippen molar-refractivity contribution in [1.82, 2.24) is 10.2 Å². The number of aryl methyl sites for hydroxylation is 1. The van der Waals surface area contributed by atoms with E-state index >= 15 is 0 Å². The van der Waals surface area contributed by atoms with Crippen LogP contribution < -0.4 is 5.32 Å². The van der Waals surface area contributed by atoms with Gasteiger partial charge in [-0.1, -0.05) is 17.4 Å². The van der Waals surface area contributed by atoms with Crippen molar-refractivity contribution in [2.75, 3.05) is 11.9 Å². The number of nitrogens with zero attached hydrogens (tertiary/aromatic N) is 3. The number of hydrogen-bond donors (Lipinski definition) is 1. The highest BCUT2D eigenvalue weighted by Gasteiger charge is 2.21. The second-order valence-corrected chi connectivity index (χ2v) is 6.10. The van der Waals surface area contributed by atoms with E-state index in [2.05, 4.69) is 15.5 Å². The van der Waals surface area contributed by atoms with Crippen LogP contribution in [0.1, 0.15) is 11.9 Å². The van der Waals surface area contributed by atoms with Crippen molar-refractivity contribution >= 4 is 34.5 Å². The third kappa shape index (κ3) is 3.21. The molecule has 0 amide bonds. The van der Waals surface area contributed by atoms with E-state index in [9.17, 15) is 10.1 Å². The molecule has 1 N–H and O–H groups in total. The van der Waals surface area contributed by atoms with E-state index in [1.807, 2.05) is 13.8 Å². The van der Waals surface area contributed by atoms with Crippen LogP contribution in [0.25, 0.3) is 0 Å². The Morgan fingerprint density at radius 3 is 2.84 bits per heavy atom. The molecule has 1 heterocycles. The van der Waals surface area contributed by atoms with Crippen molar-refractivity contribution in [3.8, 4) is 0 Å². The molecule has 0 fully saturated rings. The van der Waals surface area contributed by atoms with Gasteiger partial charge in [-0.15, -0.1) is 10.2 Å². The maximum Gasteiger partial charge on any atom is 0.306 e. The highest BCUT2D eigenvalue weighted by molar-refractivity contribution is 8.01. The number of aromatic nitrogens is 2. The molecule has 0 saturated carbocycles. The quantitative estimate of drug-likeness (QED) is 0.673. The van der Waals surface area contributed by atoms with Gasteiger partial charge in [0.1, 0.15) is 10.7 Å². The Hall–Kier alpha value is -1.67. The Morgan fingerprint density at radius 2 is 2.26 bits per heavy atom. The van der Waals surface area contributed by atoms with Gasteiger partial charge in [-0.25, -0.2) is 0 Å². The lowest BCUT2D eigenvalue weighted by Crippen LogP contribution is -2.02. The molecule has 100 valence electrons. The van der Waals surface area contributed by atoms with Gasteiger partial charge in [0.05, 0.1) is 9.82 Å². The highest BCUT2D eigenvalue weighted by atomic mass is 32.2. The van der Waals surface area contributed by atoms with Gasteiger partial charge >= 0.3 is 5.69 Å². The first-order valence-corrected chi connectivity index (χ1v) is 7.24. The Labute approximate surface area is 118 Å². The monoisotopic (exact) mass is 296 g/mol. The third-order valence-electron chi connectivity index (χ3n) is 2.25. The number of nitro groups is 1. The minimum Gasteiger partial charge on any atom is -0.380 e. The molecular weight excluding hydrogens is 284 g/mol. The Kier molecular flexibility index (Phi) is 4.33. The summed E-state index contributed by atoms with van der Waals surface area (Å²) >= 11 is 2.69. The van der Waals surface area contributed by atoms with Gasteiger partial charge in [0.25, 0.3) is 0 Å². The van der Waals surface area contributed by atoms with Gasteiger partial charge in [-0.2, -0.15) is 0 Å². The van der Waals surface area contributed by atoms with E-state index in [1.165, 1.54) is 23.1 Å². The lowest BCUT2D eigenvalue weighted by atomic mass is 10.2. The predicted molar refractivity (Wildman–Crippen MR) is 76.0 cm³/mol. The first-order chi connectivity index (χ1) is 9.11. The largest absolute Gasteiger partial charge is 0.380 e. The van der Waals surface area contributed by atoms with E-state index in [0.717, 1.165) is 5.01 Å². The number of nitro benzene ring substituents is 1. The minimum atomic E-state index is -0.367. The van der Waals surface area contributed by atoms with Gasteiger partial charge in [-0.3, -0.25) is 10.1 Å². The van der Waals surface area contributed by atoms with Gasteiger partial charge < -0.3 is 5.32 Å². The molecule has 0 unspecified atom stereocenters. The molecule has 2 rings (SSSR count). The van der Waals surface area contributed by atoms with Crippen LogP contribution in [0.5, 0.6) is 0 Å². The second kappa shape index (κ2) is 5.98. The number of rotatable bonds is 5. The molecule has 19 heavy (non-hydrogen) atoms. The molecule has 6 nitrogen and oxygen atoms in total. The molecule has 0 aliphatic carbocycles. The van der Waals surface area contributed by atoms with Crippen molar-refractivity contribution < 1.29 is 4.92 Å².